The molecule has 3 fully saturated rings. The van der Waals surface area contributed by atoms with Crippen LogP contribution in [-0.2, 0) is 4.79 Å². The molecule has 0 aromatic heterocycles. The minimum Gasteiger partial charge on any atom is -0.546 e. The summed E-state index contributed by atoms with van der Waals surface area (Å²) in [6, 6.07) is 5.23. The third-order valence-corrected chi connectivity index (χ3v) is 6.71. The average Bonchev–Trinajstić information content (AvgIpc) is 2.52. The quantitative estimate of drug-likeness (QED) is 0.780. The van der Waals surface area contributed by atoms with Gasteiger partial charge in [-0.1, -0.05) is 25.4 Å². The SMILES string of the molecule is Cc1cc(Cl)ccc1OC(CCC1CCC2CC1C2(C)C)C(=O)[O-]. The first-order valence-corrected chi connectivity index (χ1v) is 9.30. The van der Waals surface area contributed by atoms with Crippen LogP contribution in [0.3, 0.4) is 0 Å². The number of carbonyl (C=O) groups excluding carboxylic acids is 1. The number of carbonyl (C=O) groups is 1. The van der Waals surface area contributed by atoms with Gasteiger partial charge in [-0.3, -0.25) is 0 Å². The summed E-state index contributed by atoms with van der Waals surface area (Å²) in [4.78, 5) is 11.5. The fraction of sp³-hybridized carbons (Fsp3) is 0.650. The molecule has 0 heterocycles. The van der Waals surface area contributed by atoms with Crippen LogP contribution in [0.2, 0.25) is 5.02 Å². The summed E-state index contributed by atoms with van der Waals surface area (Å²) < 4.78 is 5.73. The summed E-state index contributed by atoms with van der Waals surface area (Å²) >= 11 is 5.94. The molecule has 1 aromatic rings. The number of ether oxygens (including phenoxy) is 1. The van der Waals surface area contributed by atoms with Crippen molar-refractivity contribution in [3.63, 3.8) is 0 Å². The van der Waals surface area contributed by atoms with E-state index in [-0.39, 0.29) is 0 Å². The van der Waals surface area contributed by atoms with Gasteiger partial charge in [0.1, 0.15) is 11.9 Å². The molecule has 4 atom stereocenters. The third-order valence-electron chi connectivity index (χ3n) is 6.47. The van der Waals surface area contributed by atoms with Crippen molar-refractivity contribution in [2.75, 3.05) is 0 Å². The lowest BCUT2D eigenvalue weighted by molar-refractivity contribution is -0.314. The summed E-state index contributed by atoms with van der Waals surface area (Å²) in [7, 11) is 0. The Bertz CT molecular complexity index is 623. The van der Waals surface area contributed by atoms with E-state index in [0.717, 1.165) is 23.8 Å². The molecule has 3 aliphatic carbocycles. The standard InChI is InChI=1S/C20H27ClO3/c1-12-10-15(21)7-9-17(12)24-18(19(22)23)8-5-13-4-6-14-11-16(13)20(14,2)3/h7,9-10,13-14,16,18H,4-6,8,11H2,1-3H3,(H,22,23)/p-1. The van der Waals surface area contributed by atoms with Crippen molar-refractivity contribution in [3.05, 3.63) is 28.8 Å². The molecule has 0 N–H and O–H groups in total. The van der Waals surface area contributed by atoms with Crippen LogP contribution < -0.4 is 9.84 Å². The summed E-state index contributed by atoms with van der Waals surface area (Å²) in [5.74, 6) is 1.65. The molecule has 3 aliphatic rings. The smallest absolute Gasteiger partial charge is 0.138 e. The first-order valence-electron chi connectivity index (χ1n) is 8.92. The molecule has 3 saturated carbocycles. The van der Waals surface area contributed by atoms with Gasteiger partial charge in [-0.05, 0) is 86.0 Å². The van der Waals surface area contributed by atoms with E-state index in [1.165, 1.54) is 19.3 Å². The van der Waals surface area contributed by atoms with Gasteiger partial charge in [0.15, 0.2) is 0 Å². The number of hydrogen-bond acceptors (Lipinski definition) is 3. The van der Waals surface area contributed by atoms with Crippen LogP contribution in [-0.4, -0.2) is 12.1 Å². The number of halogens is 1. The topological polar surface area (TPSA) is 49.4 Å². The van der Waals surface area contributed by atoms with Crippen molar-refractivity contribution in [1.29, 1.82) is 0 Å². The molecule has 4 rings (SSSR count). The van der Waals surface area contributed by atoms with Gasteiger partial charge in [0.25, 0.3) is 0 Å². The first kappa shape index (κ1) is 17.6. The van der Waals surface area contributed by atoms with E-state index in [0.29, 0.717) is 28.5 Å². The minimum absolute atomic E-state index is 0.424. The molecule has 132 valence electrons. The molecule has 1 aromatic carbocycles. The third kappa shape index (κ3) is 3.28. The van der Waals surface area contributed by atoms with Gasteiger partial charge in [0.2, 0.25) is 0 Å². The Labute approximate surface area is 149 Å². The fourth-order valence-electron chi connectivity index (χ4n) is 4.80. The second-order valence-corrected chi connectivity index (χ2v) is 8.55. The van der Waals surface area contributed by atoms with Crippen LogP contribution in [0, 0.1) is 30.1 Å². The normalized spacial score (nSPS) is 28.8. The van der Waals surface area contributed by atoms with E-state index in [1.54, 1.807) is 18.2 Å². The Morgan fingerprint density at radius 2 is 2.17 bits per heavy atom. The van der Waals surface area contributed by atoms with Crippen LogP contribution in [0.4, 0.5) is 0 Å². The van der Waals surface area contributed by atoms with Crippen molar-refractivity contribution in [3.8, 4) is 5.75 Å². The van der Waals surface area contributed by atoms with Crippen molar-refractivity contribution < 1.29 is 14.6 Å². The highest BCUT2D eigenvalue weighted by Crippen LogP contribution is 2.62. The maximum atomic E-state index is 11.5. The van der Waals surface area contributed by atoms with Crippen molar-refractivity contribution >= 4 is 17.6 Å². The van der Waals surface area contributed by atoms with Gasteiger partial charge in [-0.15, -0.1) is 0 Å². The summed E-state index contributed by atoms with van der Waals surface area (Å²) in [6.07, 6.45) is 4.31. The highest BCUT2D eigenvalue weighted by Gasteiger charge is 2.53. The van der Waals surface area contributed by atoms with E-state index in [9.17, 15) is 9.90 Å². The molecule has 24 heavy (non-hydrogen) atoms. The van der Waals surface area contributed by atoms with Crippen LogP contribution >= 0.6 is 11.6 Å². The highest BCUT2D eigenvalue weighted by molar-refractivity contribution is 6.30. The Kier molecular flexibility index (Phi) is 4.83. The molecule has 0 radical (unpaired) electrons. The largest absolute Gasteiger partial charge is 0.546 e. The lowest BCUT2D eigenvalue weighted by Crippen LogP contribution is -2.52. The number of hydrogen-bond donors (Lipinski definition) is 0. The summed E-state index contributed by atoms with van der Waals surface area (Å²) in [5.41, 5.74) is 1.27. The first-order chi connectivity index (χ1) is 11.3. The van der Waals surface area contributed by atoms with Crippen molar-refractivity contribution in [2.24, 2.45) is 23.2 Å². The highest BCUT2D eigenvalue weighted by atomic mass is 35.5. The number of carboxylic acids is 1. The van der Waals surface area contributed by atoms with Gasteiger partial charge in [0.05, 0.1) is 5.97 Å². The van der Waals surface area contributed by atoms with E-state index in [1.807, 2.05) is 6.92 Å². The number of rotatable bonds is 6. The molecule has 0 amide bonds. The number of fused-ring (bicyclic) bond motifs is 2. The maximum Gasteiger partial charge on any atom is 0.138 e. The molecule has 4 unspecified atom stereocenters. The second-order valence-electron chi connectivity index (χ2n) is 8.11. The average molecular weight is 350 g/mol. The Hall–Kier alpha value is -1.22. The molecule has 0 aliphatic heterocycles. The van der Waals surface area contributed by atoms with Gasteiger partial charge < -0.3 is 14.6 Å². The van der Waals surface area contributed by atoms with Gasteiger partial charge in [-0.25, -0.2) is 0 Å². The van der Waals surface area contributed by atoms with E-state index in [2.05, 4.69) is 13.8 Å². The molecule has 0 spiro atoms. The lowest BCUT2D eigenvalue weighted by Gasteiger charge is -2.60. The molecule has 3 nitrogen and oxygen atoms in total. The van der Waals surface area contributed by atoms with E-state index in [4.69, 9.17) is 16.3 Å². The molecule has 4 heteroatoms. The minimum atomic E-state index is -1.13. The van der Waals surface area contributed by atoms with Crippen LogP contribution in [0.5, 0.6) is 5.75 Å². The number of aliphatic carboxylic acids is 1. The lowest BCUT2D eigenvalue weighted by atomic mass is 9.45. The Morgan fingerprint density at radius 1 is 1.42 bits per heavy atom. The van der Waals surface area contributed by atoms with E-state index >= 15 is 0 Å². The summed E-state index contributed by atoms with van der Waals surface area (Å²) in [5, 5.41) is 12.1. The molecule has 2 bridgehead atoms. The number of benzene rings is 1. The predicted molar refractivity (Wildman–Crippen MR) is 92.9 cm³/mol. The monoisotopic (exact) mass is 349 g/mol. The van der Waals surface area contributed by atoms with Gasteiger partial charge >= 0.3 is 0 Å². The van der Waals surface area contributed by atoms with Crippen LogP contribution in [0.1, 0.15) is 51.5 Å². The zero-order chi connectivity index (χ0) is 17.5. The molecule has 0 saturated heterocycles. The molecular formula is C20H26ClO3-. The van der Waals surface area contributed by atoms with Crippen molar-refractivity contribution in [1.82, 2.24) is 0 Å². The molecular weight excluding hydrogens is 324 g/mol. The maximum absolute atomic E-state index is 11.5. The number of aryl methyl sites for hydroxylation is 1. The zero-order valence-corrected chi connectivity index (χ0v) is 15.4. The Balaban J connectivity index is 1.61. The van der Waals surface area contributed by atoms with Gasteiger partial charge in [-0.2, -0.15) is 0 Å². The zero-order valence-electron chi connectivity index (χ0n) is 14.7. The second kappa shape index (κ2) is 6.59. The van der Waals surface area contributed by atoms with Gasteiger partial charge in [0, 0.05) is 5.02 Å². The number of carboxylic acid groups (broad SMARTS) is 1. The fourth-order valence-corrected chi connectivity index (χ4v) is 5.02. The van der Waals surface area contributed by atoms with Crippen molar-refractivity contribution in [2.45, 2.75) is 59.0 Å². The predicted octanol–water partition coefficient (Wildman–Crippen LogP) is 4.00. The van der Waals surface area contributed by atoms with E-state index < -0.39 is 12.1 Å². The summed E-state index contributed by atoms with van der Waals surface area (Å²) in [6.45, 7) is 6.59. The van der Waals surface area contributed by atoms with Crippen LogP contribution in [0.15, 0.2) is 18.2 Å². The van der Waals surface area contributed by atoms with Crippen LogP contribution in [0.25, 0.3) is 0 Å². The Morgan fingerprint density at radius 3 is 2.75 bits per heavy atom.